The highest BCUT2D eigenvalue weighted by atomic mass is 32.2. The number of anilines is 2. The number of hydrazone groups is 1. The largest absolute Gasteiger partial charge is 0.382 e. The number of hydrogen-bond donors (Lipinski definition) is 4. The molecule has 146 valence electrons. The Kier molecular flexibility index (Phi) is 5.56. The van der Waals surface area contributed by atoms with Gasteiger partial charge in [0.1, 0.15) is 11.9 Å². The van der Waals surface area contributed by atoms with Crippen LogP contribution in [0.4, 0.5) is 11.5 Å². The third-order valence-electron chi connectivity index (χ3n) is 3.70. The molecule has 0 bridgehead atoms. The minimum Gasteiger partial charge on any atom is -0.382 e. The molecule has 0 radical (unpaired) electrons. The lowest BCUT2D eigenvalue weighted by Gasteiger charge is -2.11. The molecule has 3 aromatic rings. The minimum absolute atomic E-state index is 0.0277. The highest BCUT2D eigenvalue weighted by Gasteiger charge is 2.17. The molecule has 0 amide bonds. The third-order valence-corrected chi connectivity index (χ3v) is 5.08. The second kappa shape index (κ2) is 8.24. The lowest BCUT2D eigenvalue weighted by molar-refractivity contribution is 0.600. The Balaban J connectivity index is 1.79. The van der Waals surface area contributed by atoms with Crippen molar-refractivity contribution < 1.29 is 8.42 Å². The molecule has 5 N–H and O–H groups in total. The van der Waals surface area contributed by atoms with E-state index in [1.807, 2.05) is 30.3 Å². The molecule has 29 heavy (non-hydrogen) atoms. The number of nitrogens with zero attached hydrogens (tertiary/aromatic N) is 4. The van der Waals surface area contributed by atoms with Crippen LogP contribution in [0.3, 0.4) is 0 Å². The predicted octanol–water partition coefficient (Wildman–Crippen LogP) is 1.90. The first-order valence-corrected chi connectivity index (χ1v) is 9.69. The third kappa shape index (κ3) is 4.57. The van der Waals surface area contributed by atoms with E-state index in [2.05, 4.69) is 20.3 Å². The molecule has 0 saturated carbocycles. The van der Waals surface area contributed by atoms with Crippen LogP contribution in [0.15, 0.2) is 76.9 Å². The SMILES string of the molecule is N#C/C(=N\Nc1ccc(S(=O)(=O)Nc2ccnn2-c2ccccc2)cc1)C(=N)N. The first-order chi connectivity index (χ1) is 13.9. The smallest absolute Gasteiger partial charge is 0.263 e. The van der Waals surface area contributed by atoms with Crippen molar-refractivity contribution in [1.29, 1.82) is 10.7 Å². The molecule has 1 aromatic heterocycles. The van der Waals surface area contributed by atoms with Gasteiger partial charge in [0, 0.05) is 6.07 Å². The minimum atomic E-state index is -3.86. The van der Waals surface area contributed by atoms with Gasteiger partial charge in [-0.2, -0.15) is 15.5 Å². The van der Waals surface area contributed by atoms with E-state index in [-0.39, 0.29) is 10.6 Å². The Morgan fingerprint density at radius 3 is 2.45 bits per heavy atom. The highest BCUT2D eigenvalue weighted by Crippen LogP contribution is 2.20. The molecule has 0 aliphatic rings. The fourth-order valence-corrected chi connectivity index (χ4v) is 3.37. The first kappa shape index (κ1) is 19.6. The Morgan fingerprint density at radius 2 is 1.83 bits per heavy atom. The van der Waals surface area contributed by atoms with Crippen molar-refractivity contribution in [1.82, 2.24) is 9.78 Å². The Labute approximate surface area is 166 Å². The second-order valence-corrected chi connectivity index (χ2v) is 7.37. The summed E-state index contributed by atoms with van der Waals surface area (Å²) in [5.41, 5.74) is 8.61. The summed E-state index contributed by atoms with van der Waals surface area (Å²) >= 11 is 0. The van der Waals surface area contributed by atoms with Crippen LogP contribution in [0.2, 0.25) is 0 Å². The molecular weight excluding hydrogens is 392 g/mol. The molecule has 1 heterocycles. The first-order valence-electron chi connectivity index (χ1n) is 8.21. The topological polar surface area (TPSA) is 162 Å². The lowest BCUT2D eigenvalue weighted by Crippen LogP contribution is -2.21. The average molecular weight is 408 g/mol. The maximum Gasteiger partial charge on any atom is 0.263 e. The van der Waals surface area contributed by atoms with E-state index >= 15 is 0 Å². The molecule has 10 nitrogen and oxygen atoms in total. The summed E-state index contributed by atoms with van der Waals surface area (Å²) in [6, 6.07) is 18.1. The number of nitrogens with one attached hydrogen (secondary N) is 3. The van der Waals surface area contributed by atoms with Crippen LogP contribution in [0, 0.1) is 16.7 Å². The van der Waals surface area contributed by atoms with Gasteiger partial charge in [0.25, 0.3) is 10.0 Å². The van der Waals surface area contributed by atoms with Gasteiger partial charge in [-0.15, -0.1) is 0 Å². The van der Waals surface area contributed by atoms with Crippen molar-refractivity contribution in [3.63, 3.8) is 0 Å². The standard InChI is InChI=1S/C18H16N8O2S/c19-12-16(18(20)21)24-23-13-6-8-15(9-7-13)29(27,28)25-17-10-11-22-26(17)14-4-2-1-3-5-14/h1-11,23,25H,(H3,20,21)/b24-16+. The number of amidine groups is 1. The van der Waals surface area contributed by atoms with Gasteiger partial charge >= 0.3 is 0 Å². The van der Waals surface area contributed by atoms with Crippen LogP contribution in [0.1, 0.15) is 0 Å². The van der Waals surface area contributed by atoms with Gasteiger partial charge in [0.05, 0.1) is 22.5 Å². The summed E-state index contributed by atoms with van der Waals surface area (Å²) < 4.78 is 29.4. The molecule has 0 aliphatic carbocycles. The fourth-order valence-electron chi connectivity index (χ4n) is 2.33. The number of nitrogens with two attached hydrogens (primary N) is 1. The van der Waals surface area contributed by atoms with Crippen molar-refractivity contribution in [3.05, 3.63) is 66.9 Å². The zero-order valence-electron chi connectivity index (χ0n) is 14.9. The monoisotopic (exact) mass is 408 g/mol. The second-order valence-electron chi connectivity index (χ2n) is 5.69. The van der Waals surface area contributed by atoms with Crippen molar-refractivity contribution in [2.24, 2.45) is 10.8 Å². The highest BCUT2D eigenvalue weighted by molar-refractivity contribution is 7.92. The van der Waals surface area contributed by atoms with E-state index in [0.717, 1.165) is 0 Å². The van der Waals surface area contributed by atoms with Gasteiger partial charge in [-0.05, 0) is 36.4 Å². The summed E-state index contributed by atoms with van der Waals surface area (Å²) in [4.78, 5) is 0.0277. The predicted molar refractivity (Wildman–Crippen MR) is 109 cm³/mol. The molecule has 3 rings (SSSR count). The van der Waals surface area contributed by atoms with E-state index in [9.17, 15) is 8.42 Å². The van der Waals surface area contributed by atoms with Gasteiger partial charge in [-0.1, -0.05) is 18.2 Å². The van der Waals surface area contributed by atoms with Crippen LogP contribution in [-0.2, 0) is 10.0 Å². The maximum absolute atomic E-state index is 12.7. The van der Waals surface area contributed by atoms with Crippen LogP contribution < -0.4 is 15.9 Å². The number of nitriles is 1. The number of benzene rings is 2. The van der Waals surface area contributed by atoms with E-state index < -0.39 is 15.9 Å². The number of para-hydroxylation sites is 1. The van der Waals surface area contributed by atoms with Crippen LogP contribution >= 0.6 is 0 Å². The average Bonchev–Trinajstić information content (AvgIpc) is 3.16. The van der Waals surface area contributed by atoms with E-state index in [1.165, 1.54) is 35.1 Å². The van der Waals surface area contributed by atoms with Crippen LogP contribution in [-0.4, -0.2) is 29.7 Å². The molecule has 2 aromatic carbocycles. The lowest BCUT2D eigenvalue weighted by atomic mass is 10.3. The Bertz CT molecular complexity index is 1190. The molecule has 0 unspecified atom stereocenters. The maximum atomic E-state index is 12.7. The van der Waals surface area contributed by atoms with E-state index in [1.54, 1.807) is 12.1 Å². The van der Waals surface area contributed by atoms with Gasteiger partial charge in [0.15, 0.2) is 5.84 Å². The summed E-state index contributed by atoms with van der Waals surface area (Å²) in [7, 11) is -3.86. The summed E-state index contributed by atoms with van der Waals surface area (Å²) in [5.74, 6) is -0.179. The molecule has 11 heteroatoms. The van der Waals surface area contributed by atoms with Crippen LogP contribution in [0.25, 0.3) is 5.69 Å². The van der Waals surface area contributed by atoms with E-state index in [4.69, 9.17) is 16.4 Å². The van der Waals surface area contributed by atoms with Gasteiger partial charge in [-0.3, -0.25) is 15.6 Å². The Hall–Kier alpha value is -4.17. The number of rotatable bonds is 7. The molecule has 0 spiro atoms. The van der Waals surface area contributed by atoms with Gasteiger partial charge in [0.2, 0.25) is 5.71 Å². The fraction of sp³-hybridized carbons (Fsp3) is 0. The molecule has 0 aliphatic heterocycles. The van der Waals surface area contributed by atoms with Gasteiger partial charge in [-0.25, -0.2) is 13.1 Å². The zero-order valence-corrected chi connectivity index (χ0v) is 15.8. The number of aromatic nitrogens is 2. The summed E-state index contributed by atoms with van der Waals surface area (Å²) in [6.45, 7) is 0. The number of hydrogen-bond acceptors (Lipinski definition) is 7. The Morgan fingerprint density at radius 1 is 1.14 bits per heavy atom. The number of sulfonamides is 1. The molecule has 0 saturated heterocycles. The zero-order chi connectivity index (χ0) is 20.9. The summed E-state index contributed by atoms with van der Waals surface area (Å²) in [6.07, 6.45) is 1.50. The van der Waals surface area contributed by atoms with Crippen molar-refractivity contribution in [2.45, 2.75) is 4.90 Å². The quantitative estimate of drug-likeness (QED) is 0.265. The molecular formula is C18H16N8O2S. The van der Waals surface area contributed by atoms with Crippen LogP contribution in [0.5, 0.6) is 0 Å². The van der Waals surface area contributed by atoms with Crippen molar-refractivity contribution >= 4 is 33.1 Å². The van der Waals surface area contributed by atoms with Crippen molar-refractivity contribution in [3.8, 4) is 11.8 Å². The summed E-state index contributed by atoms with van der Waals surface area (Å²) in [5, 5.41) is 23.9. The normalized spacial score (nSPS) is 11.5. The molecule has 0 atom stereocenters. The molecule has 0 fully saturated rings. The van der Waals surface area contributed by atoms with E-state index in [0.29, 0.717) is 17.2 Å². The van der Waals surface area contributed by atoms with Crippen molar-refractivity contribution in [2.75, 3.05) is 10.1 Å². The van der Waals surface area contributed by atoms with Gasteiger partial charge < -0.3 is 5.73 Å².